The van der Waals surface area contributed by atoms with Crippen LogP contribution in [-0.2, 0) is 11.3 Å². The van der Waals surface area contributed by atoms with Gasteiger partial charge in [-0.1, -0.05) is 18.2 Å². The summed E-state index contributed by atoms with van der Waals surface area (Å²) >= 11 is 0. The van der Waals surface area contributed by atoms with Crippen LogP contribution in [0, 0.1) is 0 Å². The van der Waals surface area contributed by atoms with E-state index in [0.29, 0.717) is 17.9 Å². The molecule has 24 heavy (non-hydrogen) atoms. The third kappa shape index (κ3) is 3.30. The minimum Gasteiger partial charge on any atom is -0.494 e. The smallest absolute Gasteiger partial charge is 0.244 e. The van der Waals surface area contributed by atoms with E-state index in [0.717, 1.165) is 22.9 Å². The van der Waals surface area contributed by atoms with Crippen molar-refractivity contribution in [3.8, 4) is 5.75 Å². The van der Waals surface area contributed by atoms with E-state index in [1.165, 1.54) is 0 Å². The summed E-state index contributed by atoms with van der Waals surface area (Å²) in [6.45, 7) is 2.60. The molecule has 0 bridgehead atoms. The number of benzene rings is 2. The van der Waals surface area contributed by atoms with Crippen molar-refractivity contribution in [3.05, 3.63) is 60.3 Å². The minimum atomic E-state index is -0.149. The highest BCUT2D eigenvalue weighted by molar-refractivity contribution is 5.99. The van der Waals surface area contributed by atoms with Gasteiger partial charge in [0.05, 0.1) is 6.61 Å². The lowest BCUT2D eigenvalue weighted by Crippen LogP contribution is -2.18. The first-order valence-corrected chi connectivity index (χ1v) is 7.77. The first-order chi connectivity index (χ1) is 11.7. The standard InChI is InChI=1S/C19H18N2O3/c1-2-24-16-8-9-18-17(10-16)14(13-22)11-21(18)12-19(23)20-15-6-4-3-5-7-15/h3-11,13H,2,12H2,1H3,(H,20,23). The van der Waals surface area contributed by atoms with Crippen LogP contribution in [0.25, 0.3) is 10.9 Å². The number of aldehydes is 1. The molecule has 0 aliphatic carbocycles. The topological polar surface area (TPSA) is 60.3 Å². The predicted molar refractivity (Wildman–Crippen MR) is 93.6 cm³/mol. The van der Waals surface area contributed by atoms with E-state index in [2.05, 4.69) is 5.32 Å². The number of hydrogen-bond acceptors (Lipinski definition) is 3. The van der Waals surface area contributed by atoms with Crippen molar-refractivity contribution in [3.63, 3.8) is 0 Å². The number of hydrogen-bond donors (Lipinski definition) is 1. The predicted octanol–water partition coefficient (Wildman–Crippen LogP) is 3.49. The van der Waals surface area contributed by atoms with E-state index in [1.807, 2.05) is 55.5 Å². The van der Waals surface area contributed by atoms with Gasteiger partial charge in [0, 0.05) is 28.4 Å². The van der Waals surface area contributed by atoms with Gasteiger partial charge in [-0.2, -0.15) is 0 Å². The molecule has 2 aromatic carbocycles. The van der Waals surface area contributed by atoms with Crippen molar-refractivity contribution in [1.82, 2.24) is 4.57 Å². The first kappa shape index (κ1) is 15.8. The number of anilines is 1. The van der Waals surface area contributed by atoms with Gasteiger partial charge in [0.25, 0.3) is 0 Å². The molecule has 1 amide bonds. The number of carbonyl (C=O) groups excluding carboxylic acids is 2. The summed E-state index contributed by atoms with van der Waals surface area (Å²) in [5.74, 6) is 0.559. The summed E-state index contributed by atoms with van der Waals surface area (Å²) in [5.41, 5.74) is 2.11. The number of ether oxygens (including phenoxy) is 1. The Morgan fingerprint density at radius 1 is 1.21 bits per heavy atom. The van der Waals surface area contributed by atoms with Gasteiger partial charge < -0.3 is 14.6 Å². The van der Waals surface area contributed by atoms with Crippen molar-refractivity contribution in [2.75, 3.05) is 11.9 Å². The molecule has 0 atom stereocenters. The second-order valence-electron chi connectivity index (χ2n) is 5.36. The molecule has 1 N–H and O–H groups in total. The number of para-hydroxylation sites is 1. The average Bonchev–Trinajstić information content (AvgIpc) is 2.93. The van der Waals surface area contributed by atoms with Crippen molar-refractivity contribution < 1.29 is 14.3 Å². The summed E-state index contributed by atoms with van der Waals surface area (Å²) in [6.07, 6.45) is 2.49. The maximum Gasteiger partial charge on any atom is 0.244 e. The maximum absolute atomic E-state index is 12.2. The van der Waals surface area contributed by atoms with E-state index < -0.39 is 0 Å². The Balaban J connectivity index is 1.86. The fourth-order valence-electron chi connectivity index (χ4n) is 2.66. The van der Waals surface area contributed by atoms with Crippen LogP contribution in [0.3, 0.4) is 0 Å². The summed E-state index contributed by atoms with van der Waals surface area (Å²) in [7, 11) is 0. The molecule has 1 heterocycles. The lowest BCUT2D eigenvalue weighted by atomic mass is 10.2. The third-order valence-electron chi connectivity index (χ3n) is 3.69. The number of amides is 1. The van der Waals surface area contributed by atoms with Gasteiger partial charge in [-0.15, -0.1) is 0 Å². The molecule has 5 heteroatoms. The molecule has 5 nitrogen and oxygen atoms in total. The fourth-order valence-corrected chi connectivity index (χ4v) is 2.66. The van der Waals surface area contributed by atoms with Crippen LogP contribution in [-0.4, -0.2) is 23.4 Å². The van der Waals surface area contributed by atoms with Gasteiger partial charge in [-0.25, -0.2) is 0 Å². The summed E-state index contributed by atoms with van der Waals surface area (Å²) in [5, 5.41) is 3.62. The number of fused-ring (bicyclic) bond motifs is 1. The van der Waals surface area contributed by atoms with Crippen LogP contribution in [0.15, 0.2) is 54.7 Å². The zero-order valence-electron chi connectivity index (χ0n) is 13.4. The molecule has 3 aromatic rings. The van der Waals surface area contributed by atoms with Crippen molar-refractivity contribution in [1.29, 1.82) is 0 Å². The lowest BCUT2D eigenvalue weighted by molar-refractivity contribution is -0.116. The van der Waals surface area contributed by atoms with Crippen molar-refractivity contribution in [2.24, 2.45) is 0 Å². The quantitative estimate of drug-likeness (QED) is 0.707. The summed E-state index contributed by atoms with van der Waals surface area (Å²) < 4.78 is 7.25. The molecule has 0 saturated heterocycles. The van der Waals surface area contributed by atoms with Crippen LogP contribution in [0.2, 0.25) is 0 Å². The van der Waals surface area contributed by atoms with Gasteiger partial charge in [-0.05, 0) is 37.3 Å². The Morgan fingerprint density at radius 2 is 2.00 bits per heavy atom. The molecular weight excluding hydrogens is 304 g/mol. The van der Waals surface area contributed by atoms with Crippen LogP contribution in [0.1, 0.15) is 17.3 Å². The Labute approximate surface area is 139 Å². The largest absolute Gasteiger partial charge is 0.494 e. The Morgan fingerprint density at radius 3 is 2.71 bits per heavy atom. The van der Waals surface area contributed by atoms with Gasteiger partial charge >= 0.3 is 0 Å². The number of aromatic nitrogens is 1. The first-order valence-electron chi connectivity index (χ1n) is 7.77. The normalized spacial score (nSPS) is 10.5. The molecular formula is C19H18N2O3. The van der Waals surface area contributed by atoms with E-state index in [1.54, 1.807) is 10.8 Å². The molecule has 0 unspecified atom stereocenters. The molecule has 0 aliphatic heterocycles. The van der Waals surface area contributed by atoms with E-state index >= 15 is 0 Å². The minimum absolute atomic E-state index is 0.132. The zero-order chi connectivity index (χ0) is 16.9. The van der Waals surface area contributed by atoms with Crippen molar-refractivity contribution in [2.45, 2.75) is 13.5 Å². The number of nitrogens with zero attached hydrogens (tertiary/aromatic N) is 1. The highest BCUT2D eigenvalue weighted by Crippen LogP contribution is 2.25. The van der Waals surface area contributed by atoms with E-state index in [4.69, 9.17) is 4.74 Å². The molecule has 0 fully saturated rings. The zero-order valence-corrected chi connectivity index (χ0v) is 13.4. The lowest BCUT2D eigenvalue weighted by Gasteiger charge is -2.08. The Kier molecular flexibility index (Phi) is 4.61. The molecule has 1 aromatic heterocycles. The highest BCUT2D eigenvalue weighted by Gasteiger charge is 2.12. The summed E-state index contributed by atoms with van der Waals surface area (Å²) in [6, 6.07) is 14.8. The average molecular weight is 322 g/mol. The van der Waals surface area contributed by atoms with Gasteiger partial charge in [0.2, 0.25) is 5.91 Å². The van der Waals surface area contributed by atoms with Gasteiger partial charge in [-0.3, -0.25) is 9.59 Å². The second-order valence-corrected chi connectivity index (χ2v) is 5.36. The molecule has 0 saturated carbocycles. The van der Waals surface area contributed by atoms with Gasteiger partial charge in [0.15, 0.2) is 6.29 Å². The van der Waals surface area contributed by atoms with Crippen molar-refractivity contribution >= 4 is 28.8 Å². The summed E-state index contributed by atoms with van der Waals surface area (Å²) in [4.78, 5) is 23.6. The van der Waals surface area contributed by atoms with Crippen LogP contribution >= 0.6 is 0 Å². The molecule has 3 rings (SSSR count). The molecule has 122 valence electrons. The number of carbonyl (C=O) groups is 2. The van der Waals surface area contributed by atoms with Crippen LogP contribution < -0.4 is 10.1 Å². The Bertz CT molecular complexity index is 869. The van der Waals surface area contributed by atoms with E-state index in [-0.39, 0.29) is 12.5 Å². The van der Waals surface area contributed by atoms with Gasteiger partial charge in [0.1, 0.15) is 12.3 Å². The van der Waals surface area contributed by atoms with E-state index in [9.17, 15) is 9.59 Å². The number of nitrogens with one attached hydrogen (secondary N) is 1. The molecule has 0 spiro atoms. The molecule has 0 aliphatic rings. The van der Waals surface area contributed by atoms with Crippen LogP contribution in [0.4, 0.5) is 5.69 Å². The maximum atomic E-state index is 12.2. The number of rotatable bonds is 6. The monoisotopic (exact) mass is 322 g/mol. The second kappa shape index (κ2) is 7.00. The SMILES string of the molecule is CCOc1ccc2c(c1)c(C=O)cn2CC(=O)Nc1ccccc1. The fraction of sp³-hybridized carbons (Fsp3) is 0.158. The van der Waals surface area contributed by atoms with Crippen LogP contribution in [0.5, 0.6) is 5.75 Å². The Hall–Kier alpha value is -3.08. The third-order valence-corrected chi connectivity index (χ3v) is 3.69. The highest BCUT2D eigenvalue weighted by atomic mass is 16.5. The molecule has 0 radical (unpaired) electrons.